The average molecular weight is 420 g/mol. The van der Waals surface area contributed by atoms with E-state index in [1.165, 1.54) is 0 Å². The molecule has 21 heavy (non-hydrogen) atoms. The molecule has 137 valence electrons. The molecule has 0 spiro atoms. The summed E-state index contributed by atoms with van der Waals surface area (Å²) in [5.41, 5.74) is -5.65. The van der Waals surface area contributed by atoms with Gasteiger partial charge in [0.1, 0.15) is 0 Å². The maximum Gasteiger partial charge on any atom is 0.485 e. The van der Waals surface area contributed by atoms with E-state index in [0.29, 0.717) is 0 Å². The Morgan fingerprint density at radius 1 is 0.619 bits per heavy atom. The summed E-state index contributed by atoms with van der Waals surface area (Å²) in [6.45, 7) is 0. The zero-order valence-corrected chi connectivity index (χ0v) is 10.2. The molecule has 0 aromatic heterocycles. The van der Waals surface area contributed by atoms with Crippen LogP contribution in [0.25, 0.3) is 0 Å². The predicted octanol–water partition coefficient (Wildman–Crippen LogP) is 3.22. The number of halogens is 12. The number of rotatable bonds is 0. The quantitative estimate of drug-likeness (QED) is 0.262. The number of hydrogen-bond acceptors (Lipinski definition) is 3. The summed E-state index contributed by atoms with van der Waals surface area (Å²) in [7, 11) is -6.09. The zero-order chi connectivity index (χ0) is 18.1. The summed E-state index contributed by atoms with van der Waals surface area (Å²) >= 11 is -5.50. The van der Waals surface area contributed by atoms with Crippen molar-refractivity contribution in [2.24, 2.45) is 0 Å². The Labute approximate surface area is 111 Å². The van der Waals surface area contributed by atoms with E-state index >= 15 is 0 Å². The van der Waals surface area contributed by atoms with Crippen LogP contribution in [-0.4, -0.2) is 33.7 Å². The van der Waals surface area contributed by atoms with Crippen LogP contribution >= 0.6 is 0 Å². The van der Waals surface area contributed by atoms with Gasteiger partial charge in [0.15, 0.2) is 10.1 Å². The predicted molar refractivity (Wildman–Crippen MR) is 33.9 cm³/mol. The fourth-order valence-corrected chi connectivity index (χ4v) is 1.20. The molecule has 0 aromatic carbocycles. The molecule has 0 aliphatic rings. The molecule has 0 saturated carbocycles. The van der Waals surface area contributed by atoms with E-state index in [1.54, 1.807) is 0 Å². The summed E-state index contributed by atoms with van der Waals surface area (Å²) in [6, 6.07) is 0. The molecule has 0 aliphatic heterocycles. The summed E-state index contributed by atoms with van der Waals surface area (Å²) in [5, 5.41) is -19.0. The van der Waals surface area contributed by atoms with Crippen molar-refractivity contribution in [2.45, 2.75) is 20.7 Å². The van der Waals surface area contributed by atoms with Gasteiger partial charge in [-0.3, -0.25) is 0 Å². The molecular weight excluding hydrogens is 420 g/mol. The molecule has 17 heteroatoms. The largest absolute Gasteiger partial charge is 0.741 e. The maximum atomic E-state index is 11.3. The standard InChI is InChI=1S/CHF3O3S.3CF3.Cu/c2-1(3,4)8(5,6)7;3*2-1(3)4;/h(H,5,6,7);;;;/q;;;;-1/p-1. The van der Waals surface area contributed by atoms with Crippen LogP contribution in [0.2, 0.25) is 0 Å². The van der Waals surface area contributed by atoms with Gasteiger partial charge in [0.2, 0.25) is 0 Å². The summed E-state index contributed by atoms with van der Waals surface area (Å²) in [5.74, 6) is 0. The van der Waals surface area contributed by atoms with Gasteiger partial charge >= 0.3 is 74.1 Å². The van der Waals surface area contributed by atoms with E-state index < -0.39 is 44.8 Å². The molecular formula is C4CuF12O3S-2. The molecule has 3 nitrogen and oxygen atoms in total. The van der Waals surface area contributed by atoms with E-state index in [4.69, 9.17) is 13.0 Å². The second-order valence-electron chi connectivity index (χ2n) is 2.28. The van der Waals surface area contributed by atoms with Crippen molar-refractivity contribution in [1.82, 2.24) is 0 Å². The van der Waals surface area contributed by atoms with E-state index in [0.717, 1.165) is 0 Å². The van der Waals surface area contributed by atoms with Gasteiger partial charge in [-0.1, -0.05) is 0 Å². The van der Waals surface area contributed by atoms with Crippen LogP contribution in [0, 0.1) is 0 Å². The van der Waals surface area contributed by atoms with Gasteiger partial charge in [0.05, 0.1) is 0 Å². The molecule has 0 rings (SSSR count). The van der Waals surface area contributed by atoms with Crippen molar-refractivity contribution in [2.75, 3.05) is 0 Å². The van der Waals surface area contributed by atoms with Crippen molar-refractivity contribution in [3.8, 4) is 0 Å². The van der Waals surface area contributed by atoms with Gasteiger partial charge in [0, 0.05) is 0 Å². The molecule has 0 radical (unpaired) electrons. The van der Waals surface area contributed by atoms with Crippen LogP contribution in [0.1, 0.15) is 0 Å². The van der Waals surface area contributed by atoms with Crippen LogP contribution < -0.4 is 0 Å². The van der Waals surface area contributed by atoms with Gasteiger partial charge in [-0.2, -0.15) is 13.2 Å². The van der Waals surface area contributed by atoms with Crippen molar-refractivity contribution in [3.63, 3.8) is 0 Å². The fourth-order valence-electron chi connectivity index (χ4n) is 0.291. The topological polar surface area (TPSA) is 57.2 Å². The van der Waals surface area contributed by atoms with Crippen LogP contribution in [-0.2, 0) is 24.0 Å². The Kier molecular flexibility index (Phi) is 6.94. The molecule has 0 aliphatic carbocycles. The van der Waals surface area contributed by atoms with Crippen LogP contribution in [0.4, 0.5) is 52.7 Å². The normalized spacial score (nSPS) is 15.2. The first-order valence-corrected chi connectivity index (χ1v) is 6.24. The molecule has 0 heterocycles. The van der Waals surface area contributed by atoms with Crippen molar-refractivity contribution in [1.29, 1.82) is 0 Å². The van der Waals surface area contributed by atoms with Gasteiger partial charge in [-0.25, -0.2) is 8.42 Å². The van der Waals surface area contributed by atoms with Crippen molar-refractivity contribution < 1.29 is 79.6 Å². The van der Waals surface area contributed by atoms with Crippen molar-refractivity contribution in [3.05, 3.63) is 0 Å². The maximum absolute atomic E-state index is 11.3. The third-order valence-corrected chi connectivity index (χ3v) is 2.96. The molecule has 0 saturated heterocycles. The second kappa shape index (κ2) is 6.37. The monoisotopic (exact) mass is 419 g/mol. The summed E-state index contributed by atoms with van der Waals surface area (Å²) in [6.07, 6.45) is 0. The van der Waals surface area contributed by atoms with Crippen molar-refractivity contribution >= 4 is 10.1 Å². The minimum absolute atomic E-state index is 5.50. The second-order valence-corrected chi connectivity index (χ2v) is 5.96. The molecule has 0 bridgehead atoms. The zero-order valence-electron chi connectivity index (χ0n) is 8.47. The third kappa shape index (κ3) is 8.57. The first-order valence-electron chi connectivity index (χ1n) is 3.42. The van der Waals surface area contributed by atoms with Gasteiger partial charge in [-0.05, 0) is 0 Å². The third-order valence-electron chi connectivity index (χ3n) is 0.796. The minimum atomic E-state index is -6.34. The average Bonchev–Trinajstić information content (AvgIpc) is 1.88. The van der Waals surface area contributed by atoms with Gasteiger partial charge < -0.3 is 4.55 Å². The van der Waals surface area contributed by atoms with E-state index in [1.807, 2.05) is 0 Å². The van der Waals surface area contributed by atoms with Crippen LogP contribution in [0.3, 0.4) is 0 Å². The van der Waals surface area contributed by atoms with Gasteiger partial charge in [-0.15, -0.1) is 0 Å². The summed E-state index contributed by atoms with van der Waals surface area (Å²) in [4.78, 5) is 0. The minimum Gasteiger partial charge on any atom is -0.741 e. The first-order chi connectivity index (χ1) is 8.62. The molecule has 0 unspecified atom stereocenters. The van der Waals surface area contributed by atoms with E-state index in [-0.39, 0.29) is 0 Å². The van der Waals surface area contributed by atoms with E-state index in [2.05, 4.69) is 0 Å². The SMILES string of the molecule is F[C](F)(F)[Cu-]([C](F)(F)F)[C](F)(F)F.O=S(=O)([O-])C(F)(F)F. The Bertz CT molecular complexity index is 392. The van der Waals surface area contributed by atoms with Crippen LogP contribution in [0.5, 0.6) is 0 Å². The smallest absolute Gasteiger partial charge is 0.485 e. The molecule has 0 amide bonds. The van der Waals surface area contributed by atoms with Crippen LogP contribution in [0.15, 0.2) is 0 Å². The Balaban J connectivity index is 0. The van der Waals surface area contributed by atoms with E-state index in [9.17, 15) is 52.7 Å². The summed E-state index contributed by atoms with van der Waals surface area (Å²) < 4.78 is 160. The number of hydrogen-bond donors (Lipinski definition) is 0. The fraction of sp³-hybridized carbons (Fsp3) is 1.00. The first kappa shape index (κ1) is 22.9. The number of alkyl halides is 12. The Morgan fingerprint density at radius 3 is 0.762 bits per heavy atom. The Morgan fingerprint density at radius 2 is 0.762 bits per heavy atom. The molecule has 0 atom stereocenters. The Hall–Kier alpha value is -0.411. The molecule has 0 aromatic rings. The molecule has 0 fully saturated rings. The van der Waals surface area contributed by atoms with Gasteiger partial charge in [0.25, 0.3) is 0 Å². The molecule has 0 N–H and O–H groups in total.